The third kappa shape index (κ3) is 2.28. The van der Waals surface area contributed by atoms with Crippen molar-refractivity contribution in [2.75, 3.05) is 12.3 Å². The molecular weight excluding hydrogens is 230 g/mol. The summed E-state index contributed by atoms with van der Waals surface area (Å²) in [5.74, 6) is 0.235. The van der Waals surface area contributed by atoms with Crippen LogP contribution in [0.4, 0.5) is 0 Å². The van der Waals surface area contributed by atoms with Crippen molar-refractivity contribution in [3.63, 3.8) is 0 Å². The molecule has 2 unspecified atom stereocenters. The van der Waals surface area contributed by atoms with Crippen molar-refractivity contribution in [1.82, 2.24) is 0 Å². The van der Waals surface area contributed by atoms with Crippen molar-refractivity contribution < 1.29 is 14.6 Å². The van der Waals surface area contributed by atoms with Gasteiger partial charge in [-0.05, 0) is 19.4 Å². The molecule has 0 spiro atoms. The molecule has 0 bridgehead atoms. The maximum Gasteiger partial charge on any atom is 0.163 e. The van der Waals surface area contributed by atoms with Gasteiger partial charge >= 0.3 is 0 Å². The molecule has 2 saturated heterocycles. The number of rotatable bonds is 3. The highest BCUT2D eigenvalue weighted by atomic mass is 32.2. The normalized spacial score (nSPS) is 37.8. The number of azide groups is 1. The molecule has 4 atom stereocenters. The predicted octanol–water partition coefficient (Wildman–Crippen LogP) is 1.29. The Morgan fingerprint density at radius 1 is 1.62 bits per heavy atom. The molecule has 0 saturated carbocycles. The fraction of sp³-hybridized carbons (Fsp3) is 1.00. The Kier molecular flexibility index (Phi) is 3.32. The Bertz CT molecular complexity index is 319. The molecule has 0 aromatic rings. The zero-order chi connectivity index (χ0) is 11.8. The van der Waals surface area contributed by atoms with Crippen molar-refractivity contribution >= 4 is 11.8 Å². The molecule has 0 radical (unpaired) electrons. The number of thioether (sulfide) groups is 1. The molecule has 2 rings (SSSR count). The van der Waals surface area contributed by atoms with E-state index in [9.17, 15) is 5.11 Å². The molecule has 90 valence electrons. The Labute approximate surface area is 97.9 Å². The number of hydrogen-bond donors (Lipinski definition) is 1. The quantitative estimate of drug-likeness (QED) is 0.461. The maximum atomic E-state index is 9.88. The summed E-state index contributed by atoms with van der Waals surface area (Å²) in [6.07, 6.45) is -0.747. The first kappa shape index (κ1) is 12.0. The van der Waals surface area contributed by atoms with E-state index in [2.05, 4.69) is 10.0 Å². The second-order valence-corrected chi connectivity index (χ2v) is 5.63. The van der Waals surface area contributed by atoms with Gasteiger partial charge in [-0.3, -0.25) is 0 Å². The van der Waals surface area contributed by atoms with E-state index in [1.54, 1.807) is 11.8 Å². The highest BCUT2D eigenvalue weighted by Crippen LogP contribution is 2.42. The van der Waals surface area contributed by atoms with Gasteiger partial charge in [0.2, 0.25) is 0 Å². The van der Waals surface area contributed by atoms with Gasteiger partial charge in [0.25, 0.3) is 0 Å². The zero-order valence-electron chi connectivity index (χ0n) is 9.24. The number of hydrogen-bond acceptors (Lipinski definition) is 5. The highest BCUT2D eigenvalue weighted by molar-refractivity contribution is 8.00. The first-order chi connectivity index (χ1) is 7.53. The first-order valence-corrected chi connectivity index (χ1v) is 6.24. The molecule has 0 aromatic heterocycles. The largest absolute Gasteiger partial charge is 0.392 e. The van der Waals surface area contributed by atoms with Gasteiger partial charge in [0.15, 0.2) is 5.79 Å². The van der Waals surface area contributed by atoms with E-state index < -0.39 is 11.9 Å². The average molecular weight is 245 g/mol. The molecule has 7 heteroatoms. The van der Waals surface area contributed by atoms with Gasteiger partial charge in [-0.25, -0.2) is 0 Å². The molecule has 2 heterocycles. The van der Waals surface area contributed by atoms with Crippen LogP contribution in [-0.2, 0) is 9.47 Å². The van der Waals surface area contributed by atoms with E-state index in [1.807, 2.05) is 13.8 Å². The zero-order valence-corrected chi connectivity index (χ0v) is 10.1. The minimum absolute atomic E-state index is 0.0331. The number of fused-ring (bicyclic) bond motifs is 1. The molecule has 0 amide bonds. The molecule has 0 aliphatic carbocycles. The van der Waals surface area contributed by atoms with Crippen molar-refractivity contribution in [1.29, 1.82) is 0 Å². The summed E-state index contributed by atoms with van der Waals surface area (Å²) in [5.41, 5.74) is 8.21. The standard InChI is InChI=1S/C9H15N3O3S/c1-9(2)14-6-4-16-8(7(6)15-9)5(13)3-11-12-10/h5-8,13H,3-4H2,1-2H3/t5?,6?,7-,8-/m0/s1. The lowest BCUT2D eigenvalue weighted by molar-refractivity contribution is -0.147. The van der Waals surface area contributed by atoms with E-state index >= 15 is 0 Å². The van der Waals surface area contributed by atoms with Gasteiger partial charge < -0.3 is 14.6 Å². The van der Waals surface area contributed by atoms with Crippen molar-refractivity contribution in [3.8, 4) is 0 Å². The Morgan fingerprint density at radius 3 is 3.06 bits per heavy atom. The third-order valence-electron chi connectivity index (χ3n) is 2.71. The maximum absolute atomic E-state index is 9.88. The molecule has 16 heavy (non-hydrogen) atoms. The summed E-state index contributed by atoms with van der Waals surface area (Å²) >= 11 is 1.61. The molecule has 1 N–H and O–H groups in total. The second-order valence-electron chi connectivity index (χ2n) is 4.42. The van der Waals surface area contributed by atoms with Crippen LogP contribution in [-0.4, -0.2) is 46.8 Å². The van der Waals surface area contributed by atoms with E-state index in [0.29, 0.717) is 0 Å². The van der Waals surface area contributed by atoms with Crippen LogP contribution < -0.4 is 0 Å². The topological polar surface area (TPSA) is 87.5 Å². The molecule has 2 aliphatic rings. The second kappa shape index (κ2) is 4.43. The summed E-state index contributed by atoms with van der Waals surface area (Å²) in [6.45, 7) is 3.82. The van der Waals surface area contributed by atoms with Crippen LogP contribution in [0.1, 0.15) is 13.8 Å². The summed E-state index contributed by atoms with van der Waals surface area (Å²) in [5, 5.41) is 13.2. The molecule has 2 fully saturated rings. The van der Waals surface area contributed by atoms with Crippen LogP contribution in [0.25, 0.3) is 10.4 Å². The third-order valence-corrected chi connectivity index (χ3v) is 4.20. The fourth-order valence-electron chi connectivity index (χ4n) is 2.13. The number of ether oxygens (including phenoxy) is 2. The van der Waals surface area contributed by atoms with Crippen LogP contribution in [0, 0.1) is 0 Å². The summed E-state index contributed by atoms with van der Waals surface area (Å²) in [7, 11) is 0. The van der Waals surface area contributed by atoms with Crippen LogP contribution in [0.2, 0.25) is 0 Å². The monoisotopic (exact) mass is 245 g/mol. The minimum Gasteiger partial charge on any atom is -0.392 e. The van der Waals surface area contributed by atoms with Crippen molar-refractivity contribution in [3.05, 3.63) is 10.4 Å². The van der Waals surface area contributed by atoms with E-state index in [4.69, 9.17) is 15.0 Å². The predicted molar refractivity (Wildman–Crippen MR) is 60.1 cm³/mol. The smallest absolute Gasteiger partial charge is 0.163 e. The van der Waals surface area contributed by atoms with Gasteiger partial charge in [-0.15, -0.1) is 0 Å². The van der Waals surface area contributed by atoms with Crippen molar-refractivity contribution in [2.24, 2.45) is 5.11 Å². The van der Waals surface area contributed by atoms with Gasteiger partial charge in [-0.2, -0.15) is 11.8 Å². The molecule has 2 aliphatic heterocycles. The van der Waals surface area contributed by atoms with Gasteiger partial charge in [0.05, 0.1) is 24.0 Å². The lowest BCUT2D eigenvalue weighted by Crippen LogP contribution is -2.37. The fourth-order valence-corrected chi connectivity index (χ4v) is 3.52. The lowest BCUT2D eigenvalue weighted by atomic mass is 10.1. The van der Waals surface area contributed by atoms with Crippen LogP contribution in [0.5, 0.6) is 0 Å². The van der Waals surface area contributed by atoms with Gasteiger partial charge in [0.1, 0.15) is 6.10 Å². The minimum atomic E-state index is -0.673. The molecule has 6 nitrogen and oxygen atoms in total. The number of aliphatic hydroxyl groups excluding tert-OH is 1. The molecule has 0 aromatic carbocycles. The Balaban J connectivity index is 2.00. The van der Waals surface area contributed by atoms with Gasteiger partial charge in [-0.1, -0.05) is 5.11 Å². The number of nitrogens with zero attached hydrogens (tertiary/aromatic N) is 3. The SMILES string of the molecule is CC1(C)OC2CS[C@@H](C(O)CN=[N+]=[N-])[C@H]2O1. The van der Waals surface area contributed by atoms with E-state index in [1.165, 1.54) is 0 Å². The lowest BCUT2D eigenvalue weighted by Gasteiger charge is -2.23. The highest BCUT2D eigenvalue weighted by Gasteiger charge is 2.51. The van der Waals surface area contributed by atoms with Crippen LogP contribution in [0.3, 0.4) is 0 Å². The number of aliphatic hydroxyl groups is 1. The first-order valence-electron chi connectivity index (χ1n) is 5.19. The summed E-state index contributed by atoms with van der Waals surface area (Å²) < 4.78 is 11.4. The Hall–Kier alpha value is -0.460. The summed E-state index contributed by atoms with van der Waals surface area (Å²) in [6, 6.07) is 0. The van der Waals surface area contributed by atoms with Gasteiger partial charge in [0, 0.05) is 10.7 Å². The Morgan fingerprint density at radius 2 is 2.38 bits per heavy atom. The average Bonchev–Trinajstić information content (AvgIpc) is 2.69. The molecular formula is C9H15N3O3S. The van der Waals surface area contributed by atoms with Crippen LogP contribution >= 0.6 is 11.8 Å². The van der Waals surface area contributed by atoms with Crippen LogP contribution in [0.15, 0.2) is 5.11 Å². The van der Waals surface area contributed by atoms with Crippen molar-refractivity contribution in [2.45, 2.75) is 43.2 Å². The van der Waals surface area contributed by atoms with E-state index in [0.717, 1.165) is 5.75 Å². The summed E-state index contributed by atoms with van der Waals surface area (Å²) in [4.78, 5) is 2.64. The van der Waals surface area contributed by atoms with E-state index in [-0.39, 0.29) is 24.0 Å².